The second-order valence-corrected chi connectivity index (χ2v) is 6.11. The summed E-state index contributed by atoms with van der Waals surface area (Å²) in [7, 11) is 0. The minimum atomic E-state index is -0.351. The molecule has 0 spiro atoms. The average Bonchev–Trinajstić information content (AvgIpc) is 2.48. The lowest BCUT2D eigenvalue weighted by atomic mass is 9.95. The topological polar surface area (TPSA) is 75.3 Å². The summed E-state index contributed by atoms with van der Waals surface area (Å²) in [6, 6.07) is 0. The van der Waals surface area contributed by atoms with Crippen molar-refractivity contribution in [2.24, 2.45) is 11.7 Å². The van der Waals surface area contributed by atoms with E-state index >= 15 is 0 Å². The molecule has 1 aromatic heterocycles. The minimum absolute atomic E-state index is 0.308. The third-order valence-electron chi connectivity index (χ3n) is 4.29. The van der Waals surface area contributed by atoms with Gasteiger partial charge < -0.3 is 15.7 Å². The molecule has 0 amide bonds. The third kappa shape index (κ3) is 3.16. The number of nitrogens with zero attached hydrogens (tertiary/aromatic N) is 3. The zero-order valence-electron chi connectivity index (χ0n) is 13.0. The fourth-order valence-corrected chi connectivity index (χ4v) is 3.10. The Balaban J connectivity index is 2.46. The van der Waals surface area contributed by atoms with E-state index in [4.69, 9.17) is 18.0 Å². The van der Waals surface area contributed by atoms with Crippen LogP contribution in [0.2, 0.25) is 0 Å². The number of hydrogen-bond donors (Lipinski definition) is 2. The van der Waals surface area contributed by atoms with Crippen LogP contribution in [0.1, 0.15) is 44.0 Å². The fourth-order valence-electron chi connectivity index (χ4n) is 2.88. The zero-order valence-corrected chi connectivity index (χ0v) is 13.8. The summed E-state index contributed by atoms with van der Waals surface area (Å²) in [5.74, 6) is 1.03. The molecule has 2 unspecified atom stereocenters. The predicted octanol–water partition coefficient (Wildman–Crippen LogP) is 1.44. The molecule has 1 aromatic rings. The molecule has 1 aliphatic heterocycles. The van der Waals surface area contributed by atoms with Gasteiger partial charge in [0, 0.05) is 13.1 Å². The Morgan fingerprint density at radius 1 is 1.38 bits per heavy atom. The van der Waals surface area contributed by atoms with E-state index < -0.39 is 0 Å². The summed E-state index contributed by atoms with van der Waals surface area (Å²) in [4.78, 5) is 2.42. The lowest BCUT2D eigenvalue weighted by Gasteiger charge is -2.36. The van der Waals surface area contributed by atoms with Crippen LogP contribution in [0.3, 0.4) is 0 Å². The Kier molecular flexibility index (Phi) is 5.11. The van der Waals surface area contributed by atoms with Crippen molar-refractivity contribution >= 4 is 23.0 Å². The van der Waals surface area contributed by atoms with Gasteiger partial charge in [0.15, 0.2) is 5.82 Å². The number of aryl methyl sites for hydroxylation is 1. The molecule has 2 atom stereocenters. The van der Waals surface area contributed by atoms with E-state index in [1.807, 2.05) is 0 Å². The molecular formula is C15H24N4OS. The van der Waals surface area contributed by atoms with Crippen LogP contribution in [0.4, 0.5) is 5.82 Å². The van der Waals surface area contributed by atoms with Crippen LogP contribution in [0.5, 0.6) is 0 Å². The van der Waals surface area contributed by atoms with Gasteiger partial charge in [-0.1, -0.05) is 33.0 Å². The number of aliphatic hydroxyl groups excluding tert-OH is 1. The molecule has 0 aliphatic carbocycles. The summed E-state index contributed by atoms with van der Waals surface area (Å²) in [6.07, 6.45) is 2.21. The van der Waals surface area contributed by atoms with Gasteiger partial charge in [-0.2, -0.15) is 5.10 Å². The number of thiocarbonyl (C=S) groups is 1. The molecule has 0 radical (unpaired) electrons. The van der Waals surface area contributed by atoms with E-state index in [9.17, 15) is 5.11 Å². The van der Waals surface area contributed by atoms with Gasteiger partial charge in [-0.3, -0.25) is 0 Å². The van der Waals surface area contributed by atoms with Crippen LogP contribution in [0.15, 0.2) is 0 Å². The van der Waals surface area contributed by atoms with Crippen molar-refractivity contribution < 1.29 is 5.11 Å². The summed E-state index contributed by atoms with van der Waals surface area (Å²) in [5.41, 5.74) is 8.83. The second kappa shape index (κ2) is 6.66. The van der Waals surface area contributed by atoms with Crippen molar-refractivity contribution in [3.63, 3.8) is 0 Å². The van der Waals surface area contributed by atoms with Crippen LogP contribution in [0.25, 0.3) is 0 Å². The van der Waals surface area contributed by atoms with Crippen molar-refractivity contribution in [3.05, 3.63) is 16.8 Å². The monoisotopic (exact) mass is 308 g/mol. The van der Waals surface area contributed by atoms with Gasteiger partial charge in [0.2, 0.25) is 0 Å². The summed E-state index contributed by atoms with van der Waals surface area (Å²) in [5, 5.41) is 18.8. The first-order valence-corrected chi connectivity index (χ1v) is 8.01. The number of piperidine rings is 1. The highest BCUT2D eigenvalue weighted by Crippen LogP contribution is 2.28. The van der Waals surface area contributed by atoms with Crippen molar-refractivity contribution in [1.82, 2.24) is 10.2 Å². The predicted molar refractivity (Wildman–Crippen MR) is 88.7 cm³/mol. The largest absolute Gasteiger partial charge is 0.391 e. The maximum atomic E-state index is 10.1. The van der Waals surface area contributed by atoms with Crippen LogP contribution < -0.4 is 10.6 Å². The number of β-amino-alcohol motifs (C(OH)–C–C–N with tert-alkyl or cyclic N) is 1. The van der Waals surface area contributed by atoms with Crippen molar-refractivity contribution in [3.8, 4) is 0 Å². The lowest BCUT2D eigenvalue weighted by molar-refractivity contribution is 0.102. The van der Waals surface area contributed by atoms with E-state index in [2.05, 4.69) is 35.9 Å². The summed E-state index contributed by atoms with van der Waals surface area (Å²) < 4.78 is 0. The van der Waals surface area contributed by atoms with Gasteiger partial charge in [-0.05, 0) is 30.7 Å². The smallest absolute Gasteiger partial charge is 0.161 e. The van der Waals surface area contributed by atoms with Gasteiger partial charge in [0.1, 0.15) is 4.99 Å². The third-order valence-corrected chi connectivity index (χ3v) is 4.50. The molecule has 1 saturated heterocycles. The molecule has 5 nitrogen and oxygen atoms in total. The van der Waals surface area contributed by atoms with Gasteiger partial charge >= 0.3 is 0 Å². The highest BCUT2D eigenvalue weighted by molar-refractivity contribution is 7.80. The Labute approximate surface area is 131 Å². The molecule has 0 bridgehead atoms. The van der Waals surface area contributed by atoms with E-state index in [-0.39, 0.29) is 6.10 Å². The molecule has 0 saturated carbocycles. The standard InChI is InChI=1S/C15H24N4OS/c1-4-10-11(5-2)17-18-15(13(10)14(16)21)19-7-6-9(3)12(20)8-19/h9,12,20H,4-8H2,1-3H3,(H2,16,21). The molecule has 2 rings (SSSR count). The van der Waals surface area contributed by atoms with Gasteiger partial charge in [0.25, 0.3) is 0 Å². The van der Waals surface area contributed by atoms with E-state index in [0.717, 1.165) is 48.4 Å². The number of anilines is 1. The van der Waals surface area contributed by atoms with Crippen LogP contribution in [-0.2, 0) is 12.8 Å². The van der Waals surface area contributed by atoms with Crippen molar-refractivity contribution in [2.75, 3.05) is 18.0 Å². The molecule has 0 aromatic carbocycles. The highest BCUT2D eigenvalue weighted by Gasteiger charge is 2.28. The normalized spacial score (nSPS) is 22.4. The number of rotatable bonds is 4. The van der Waals surface area contributed by atoms with E-state index in [1.165, 1.54) is 0 Å². The van der Waals surface area contributed by atoms with Crippen LogP contribution >= 0.6 is 12.2 Å². The Bertz CT molecular complexity index is 535. The Hall–Kier alpha value is -1.27. The zero-order chi connectivity index (χ0) is 15.6. The van der Waals surface area contributed by atoms with Crippen LogP contribution in [0, 0.1) is 5.92 Å². The SMILES string of the molecule is CCc1nnc(N2CCC(C)C(O)C2)c(C(N)=S)c1CC. The highest BCUT2D eigenvalue weighted by atomic mass is 32.1. The maximum absolute atomic E-state index is 10.1. The Morgan fingerprint density at radius 3 is 2.62 bits per heavy atom. The number of nitrogens with two attached hydrogens (primary N) is 1. The Morgan fingerprint density at radius 2 is 2.10 bits per heavy atom. The molecule has 2 heterocycles. The molecule has 1 fully saturated rings. The summed E-state index contributed by atoms with van der Waals surface area (Å²) in [6.45, 7) is 7.60. The number of aliphatic hydroxyl groups is 1. The average molecular weight is 308 g/mol. The second-order valence-electron chi connectivity index (χ2n) is 5.67. The molecule has 21 heavy (non-hydrogen) atoms. The molecule has 1 aliphatic rings. The van der Waals surface area contributed by atoms with E-state index in [1.54, 1.807) is 0 Å². The molecule has 6 heteroatoms. The lowest BCUT2D eigenvalue weighted by Crippen LogP contribution is -2.44. The maximum Gasteiger partial charge on any atom is 0.161 e. The molecule has 116 valence electrons. The van der Waals surface area contributed by atoms with Crippen molar-refractivity contribution in [1.29, 1.82) is 0 Å². The first kappa shape index (κ1) is 16.1. The van der Waals surface area contributed by atoms with E-state index in [0.29, 0.717) is 17.5 Å². The number of hydrogen-bond acceptors (Lipinski definition) is 5. The minimum Gasteiger partial charge on any atom is -0.391 e. The number of aromatic nitrogens is 2. The molecule has 3 N–H and O–H groups in total. The molecular weight excluding hydrogens is 284 g/mol. The van der Waals surface area contributed by atoms with Gasteiger partial charge in [-0.15, -0.1) is 5.10 Å². The van der Waals surface area contributed by atoms with Crippen LogP contribution in [-0.4, -0.2) is 39.5 Å². The van der Waals surface area contributed by atoms with Gasteiger partial charge in [-0.25, -0.2) is 0 Å². The summed E-state index contributed by atoms with van der Waals surface area (Å²) >= 11 is 5.25. The van der Waals surface area contributed by atoms with Gasteiger partial charge in [0.05, 0.1) is 17.4 Å². The van der Waals surface area contributed by atoms with Crippen molar-refractivity contribution in [2.45, 2.75) is 46.1 Å². The first-order chi connectivity index (χ1) is 9.99. The first-order valence-electron chi connectivity index (χ1n) is 7.60. The fraction of sp³-hybridized carbons (Fsp3) is 0.667. The quantitative estimate of drug-likeness (QED) is 0.820.